The van der Waals surface area contributed by atoms with Crippen molar-refractivity contribution in [1.82, 2.24) is 10.0 Å². The summed E-state index contributed by atoms with van der Waals surface area (Å²) in [6.45, 7) is 6.51. The van der Waals surface area contributed by atoms with E-state index < -0.39 is 10.0 Å². The summed E-state index contributed by atoms with van der Waals surface area (Å²) in [6, 6.07) is 1.49. The molecular formula is C12H21BrN2O4S. The third-order valence-corrected chi connectivity index (χ3v) is 4.90. The van der Waals surface area contributed by atoms with E-state index >= 15 is 0 Å². The lowest BCUT2D eigenvalue weighted by atomic mass is 10.3. The molecule has 1 unspecified atom stereocenters. The molecule has 0 fully saturated rings. The zero-order valence-electron chi connectivity index (χ0n) is 12.1. The standard InChI is InChI=1S/C12H21BrN2O4S/c1-8(2)14-6-10-5-11(12(13)19-10)20(16,17)15-9(3)7-18-4/h5,8-9,14-15H,6-7H2,1-4H3. The molecule has 1 rings (SSSR count). The highest BCUT2D eigenvalue weighted by Crippen LogP contribution is 2.26. The van der Waals surface area contributed by atoms with Crippen molar-refractivity contribution in [2.24, 2.45) is 0 Å². The highest BCUT2D eigenvalue weighted by molar-refractivity contribution is 9.10. The molecule has 0 aliphatic rings. The van der Waals surface area contributed by atoms with Gasteiger partial charge in [-0.15, -0.1) is 0 Å². The van der Waals surface area contributed by atoms with Crippen LogP contribution in [0.25, 0.3) is 0 Å². The van der Waals surface area contributed by atoms with Crippen LogP contribution >= 0.6 is 15.9 Å². The second-order valence-corrected chi connectivity index (χ2v) is 7.27. The van der Waals surface area contributed by atoms with E-state index in [1.165, 1.54) is 13.2 Å². The van der Waals surface area contributed by atoms with Crippen LogP contribution in [0.2, 0.25) is 0 Å². The molecule has 1 aromatic rings. The summed E-state index contributed by atoms with van der Waals surface area (Å²) < 4.78 is 37.5. The van der Waals surface area contributed by atoms with Crippen molar-refractivity contribution >= 4 is 26.0 Å². The molecule has 8 heteroatoms. The quantitative estimate of drug-likeness (QED) is 0.731. The summed E-state index contributed by atoms with van der Waals surface area (Å²) in [6.07, 6.45) is 0. The summed E-state index contributed by atoms with van der Waals surface area (Å²) in [5.41, 5.74) is 0. The lowest BCUT2D eigenvalue weighted by Gasteiger charge is -2.12. The molecule has 116 valence electrons. The molecule has 0 radical (unpaired) electrons. The fourth-order valence-electron chi connectivity index (χ4n) is 1.59. The summed E-state index contributed by atoms with van der Waals surface area (Å²) in [5, 5.41) is 3.17. The Hall–Kier alpha value is -0.410. The van der Waals surface area contributed by atoms with Gasteiger partial charge in [-0.05, 0) is 22.9 Å². The third kappa shape index (κ3) is 5.17. The molecule has 1 atom stereocenters. The molecular weight excluding hydrogens is 348 g/mol. The molecule has 0 amide bonds. The SMILES string of the molecule is COCC(C)NS(=O)(=O)c1cc(CNC(C)C)oc1Br. The van der Waals surface area contributed by atoms with E-state index in [0.717, 1.165) is 0 Å². The minimum absolute atomic E-state index is 0.0982. The van der Waals surface area contributed by atoms with Gasteiger partial charge >= 0.3 is 0 Å². The molecule has 1 heterocycles. The number of methoxy groups -OCH3 is 1. The van der Waals surface area contributed by atoms with Gasteiger partial charge in [-0.25, -0.2) is 13.1 Å². The van der Waals surface area contributed by atoms with Crippen LogP contribution in [0.3, 0.4) is 0 Å². The Bertz CT molecular complexity index is 528. The Labute approximate surface area is 128 Å². The van der Waals surface area contributed by atoms with Crippen molar-refractivity contribution in [3.8, 4) is 0 Å². The van der Waals surface area contributed by atoms with E-state index in [-0.39, 0.29) is 15.6 Å². The van der Waals surface area contributed by atoms with Crippen molar-refractivity contribution in [3.05, 3.63) is 16.5 Å². The number of ether oxygens (including phenoxy) is 1. The summed E-state index contributed by atoms with van der Waals surface area (Å²) in [7, 11) is -2.11. The van der Waals surface area contributed by atoms with Crippen LogP contribution in [0.5, 0.6) is 0 Å². The van der Waals surface area contributed by atoms with Crippen molar-refractivity contribution in [1.29, 1.82) is 0 Å². The lowest BCUT2D eigenvalue weighted by molar-refractivity contribution is 0.180. The summed E-state index contributed by atoms with van der Waals surface area (Å²) in [5.74, 6) is 0.561. The van der Waals surface area contributed by atoms with E-state index in [2.05, 4.69) is 26.0 Å². The van der Waals surface area contributed by atoms with Crippen LogP contribution in [-0.2, 0) is 21.3 Å². The van der Waals surface area contributed by atoms with Crippen molar-refractivity contribution in [3.63, 3.8) is 0 Å². The Morgan fingerprint density at radius 1 is 1.40 bits per heavy atom. The molecule has 0 aromatic carbocycles. The minimum atomic E-state index is -3.63. The summed E-state index contributed by atoms with van der Waals surface area (Å²) >= 11 is 3.14. The first kappa shape index (κ1) is 17.6. The van der Waals surface area contributed by atoms with Gasteiger partial charge in [-0.2, -0.15) is 0 Å². The first-order valence-electron chi connectivity index (χ1n) is 6.29. The number of hydrogen-bond acceptors (Lipinski definition) is 5. The predicted molar refractivity (Wildman–Crippen MR) is 80.0 cm³/mol. The van der Waals surface area contributed by atoms with E-state index in [1.54, 1.807) is 6.92 Å². The van der Waals surface area contributed by atoms with Crippen LogP contribution in [0.1, 0.15) is 26.5 Å². The highest BCUT2D eigenvalue weighted by atomic mass is 79.9. The van der Waals surface area contributed by atoms with Crippen LogP contribution in [0.15, 0.2) is 20.0 Å². The van der Waals surface area contributed by atoms with E-state index in [4.69, 9.17) is 9.15 Å². The number of hydrogen-bond donors (Lipinski definition) is 2. The van der Waals surface area contributed by atoms with Gasteiger partial charge in [0.2, 0.25) is 10.0 Å². The zero-order chi connectivity index (χ0) is 15.3. The zero-order valence-corrected chi connectivity index (χ0v) is 14.5. The van der Waals surface area contributed by atoms with Crippen molar-refractivity contribution in [2.45, 2.75) is 44.3 Å². The second kappa shape index (κ2) is 7.56. The maximum atomic E-state index is 12.2. The average molecular weight is 369 g/mol. The van der Waals surface area contributed by atoms with Crippen LogP contribution in [0.4, 0.5) is 0 Å². The van der Waals surface area contributed by atoms with Gasteiger partial charge in [-0.3, -0.25) is 0 Å². The van der Waals surface area contributed by atoms with E-state index in [1.807, 2.05) is 13.8 Å². The van der Waals surface area contributed by atoms with Crippen molar-refractivity contribution in [2.75, 3.05) is 13.7 Å². The smallest absolute Gasteiger partial charge is 0.245 e. The van der Waals surface area contributed by atoms with Gasteiger partial charge in [0.05, 0.1) is 13.2 Å². The molecule has 0 saturated heterocycles. The lowest BCUT2D eigenvalue weighted by Crippen LogP contribution is -2.35. The summed E-state index contributed by atoms with van der Waals surface area (Å²) in [4.78, 5) is 0.0982. The minimum Gasteiger partial charge on any atom is -0.452 e. The van der Waals surface area contributed by atoms with E-state index in [0.29, 0.717) is 25.0 Å². The highest BCUT2D eigenvalue weighted by Gasteiger charge is 2.24. The van der Waals surface area contributed by atoms with Gasteiger partial charge in [0.15, 0.2) is 4.67 Å². The number of nitrogens with one attached hydrogen (secondary N) is 2. The molecule has 0 aliphatic heterocycles. The predicted octanol–water partition coefficient (Wildman–Crippen LogP) is 1.85. The third-order valence-electron chi connectivity index (χ3n) is 2.45. The van der Waals surface area contributed by atoms with Gasteiger partial charge < -0.3 is 14.5 Å². The molecule has 0 bridgehead atoms. The number of furan rings is 1. The topological polar surface area (TPSA) is 80.6 Å². The van der Waals surface area contributed by atoms with Crippen molar-refractivity contribution < 1.29 is 17.6 Å². The molecule has 1 aromatic heterocycles. The monoisotopic (exact) mass is 368 g/mol. The van der Waals surface area contributed by atoms with Gasteiger partial charge in [0, 0.05) is 25.3 Å². The van der Waals surface area contributed by atoms with Crippen LogP contribution < -0.4 is 10.0 Å². The molecule has 2 N–H and O–H groups in total. The normalized spacial score (nSPS) is 13.9. The number of sulfonamides is 1. The van der Waals surface area contributed by atoms with E-state index in [9.17, 15) is 8.42 Å². The average Bonchev–Trinajstić information content (AvgIpc) is 2.68. The van der Waals surface area contributed by atoms with Crippen LogP contribution in [-0.4, -0.2) is 34.2 Å². The Balaban J connectivity index is 2.84. The molecule has 6 nitrogen and oxygen atoms in total. The molecule has 0 spiro atoms. The Morgan fingerprint density at radius 3 is 2.60 bits per heavy atom. The maximum Gasteiger partial charge on any atom is 0.245 e. The Morgan fingerprint density at radius 2 is 2.05 bits per heavy atom. The van der Waals surface area contributed by atoms with Gasteiger partial charge in [-0.1, -0.05) is 13.8 Å². The molecule has 20 heavy (non-hydrogen) atoms. The fraction of sp³-hybridized carbons (Fsp3) is 0.667. The largest absolute Gasteiger partial charge is 0.452 e. The maximum absolute atomic E-state index is 12.2. The van der Waals surface area contributed by atoms with Gasteiger partial charge in [0.25, 0.3) is 0 Å². The second-order valence-electron chi connectivity index (χ2n) is 4.86. The number of halogens is 1. The Kier molecular flexibility index (Phi) is 6.67. The first-order valence-corrected chi connectivity index (χ1v) is 8.56. The molecule has 0 aliphatic carbocycles. The van der Waals surface area contributed by atoms with Gasteiger partial charge in [0.1, 0.15) is 10.7 Å². The molecule has 0 saturated carbocycles. The van der Waals surface area contributed by atoms with Crippen LogP contribution in [0, 0.1) is 0 Å². The number of rotatable bonds is 8. The fourth-order valence-corrected chi connectivity index (χ4v) is 3.81. The first-order chi connectivity index (χ1) is 9.26.